The molecule has 0 unspecified atom stereocenters. The number of nitrogens with zero attached hydrogens (tertiary/aromatic N) is 1. The molecule has 2 atom stereocenters. The van der Waals surface area contributed by atoms with Crippen molar-refractivity contribution in [2.75, 3.05) is 11.9 Å². The minimum absolute atomic E-state index is 0.0314. The summed E-state index contributed by atoms with van der Waals surface area (Å²) in [5.74, 6) is 0.711. The second kappa shape index (κ2) is 6.04. The lowest BCUT2D eigenvalue weighted by Gasteiger charge is -2.44. The first-order valence-electron chi connectivity index (χ1n) is 7.57. The van der Waals surface area contributed by atoms with Crippen LogP contribution in [0.1, 0.15) is 38.5 Å². The minimum atomic E-state index is 0.0314. The third kappa shape index (κ3) is 2.93. The molecule has 20 heavy (non-hydrogen) atoms. The van der Waals surface area contributed by atoms with Gasteiger partial charge in [-0.2, -0.15) is 0 Å². The van der Waals surface area contributed by atoms with Crippen LogP contribution in [-0.4, -0.2) is 23.5 Å². The summed E-state index contributed by atoms with van der Waals surface area (Å²) < 4.78 is 0. The first-order valence-corrected chi connectivity index (χ1v) is 7.95. The second-order valence-corrected chi connectivity index (χ2v) is 6.32. The number of likely N-dealkylation sites (tertiary alicyclic amines) is 1. The molecule has 1 saturated heterocycles. The van der Waals surface area contributed by atoms with E-state index < -0.39 is 0 Å². The molecule has 3 rings (SSSR count). The van der Waals surface area contributed by atoms with Crippen LogP contribution in [0, 0.1) is 5.92 Å². The molecule has 4 heteroatoms. The number of halogens is 1. The van der Waals surface area contributed by atoms with Gasteiger partial charge in [-0.25, -0.2) is 4.79 Å². The fourth-order valence-electron chi connectivity index (χ4n) is 3.64. The van der Waals surface area contributed by atoms with Crippen LogP contribution in [0.4, 0.5) is 10.5 Å². The number of fused-ring (bicyclic) bond motifs is 1. The van der Waals surface area contributed by atoms with Crippen molar-refractivity contribution in [3.63, 3.8) is 0 Å². The van der Waals surface area contributed by atoms with E-state index >= 15 is 0 Å². The van der Waals surface area contributed by atoms with Gasteiger partial charge < -0.3 is 10.2 Å². The number of piperidine rings is 1. The van der Waals surface area contributed by atoms with Gasteiger partial charge in [0.2, 0.25) is 0 Å². The van der Waals surface area contributed by atoms with E-state index in [2.05, 4.69) is 5.32 Å². The molecule has 2 amide bonds. The topological polar surface area (TPSA) is 32.3 Å². The number of carbonyl (C=O) groups is 1. The zero-order valence-electron chi connectivity index (χ0n) is 11.6. The molecule has 2 aliphatic rings. The zero-order chi connectivity index (χ0) is 13.9. The third-order valence-electron chi connectivity index (χ3n) is 4.58. The van der Waals surface area contributed by atoms with Crippen molar-refractivity contribution in [1.82, 2.24) is 4.90 Å². The van der Waals surface area contributed by atoms with Crippen molar-refractivity contribution >= 4 is 23.3 Å². The number of carbonyl (C=O) groups excluding carboxylic acids is 1. The van der Waals surface area contributed by atoms with Gasteiger partial charge in [0.1, 0.15) is 0 Å². The lowest BCUT2D eigenvalue weighted by molar-refractivity contribution is 0.0909. The van der Waals surface area contributed by atoms with Crippen LogP contribution in [0.2, 0.25) is 5.02 Å². The Labute approximate surface area is 125 Å². The normalized spacial score (nSPS) is 25.9. The van der Waals surface area contributed by atoms with Gasteiger partial charge in [0.25, 0.3) is 0 Å². The van der Waals surface area contributed by atoms with Gasteiger partial charge in [-0.1, -0.05) is 30.5 Å². The molecule has 108 valence electrons. The van der Waals surface area contributed by atoms with Gasteiger partial charge in [-0.05, 0) is 49.8 Å². The minimum Gasteiger partial charge on any atom is -0.321 e. The van der Waals surface area contributed by atoms with Crippen LogP contribution >= 0.6 is 11.6 Å². The number of nitrogens with one attached hydrogen (secondary N) is 1. The molecular weight excluding hydrogens is 272 g/mol. The Bertz CT molecular complexity index is 489. The van der Waals surface area contributed by atoms with Crippen molar-refractivity contribution in [3.8, 4) is 0 Å². The summed E-state index contributed by atoms with van der Waals surface area (Å²) in [5.41, 5.74) is 0.778. The standard InChI is InChI=1S/C16H21ClN2O/c17-13-7-3-8-14(11-13)18-16(20)19-10-4-6-12-5-1-2-9-15(12)19/h3,7-8,11-12,15H,1-2,4-6,9-10H2,(H,18,20)/t12-,15+/m0/s1. The molecule has 2 fully saturated rings. The summed E-state index contributed by atoms with van der Waals surface area (Å²) in [6.45, 7) is 0.883. The number of anilines is 1. The molecule has 0 bridgehead atoms. The van der Waals surface area contributed by atoms with E-state index in [1.807, 2.05) is 23.1 Å². The Morgan fingerprint density at radius 1 is 1.20 bits per heavy atom. The van der Waals surface area contributed by atoms with Crippen LogP contribution in [0.25, 0.3) is 0 Å². The Morgan fingerprint density at radius 3 is 2.85 bits per heavy atom. The Kier molecular flexibility index (Phi) is 4.16. The lowest BCUT2D eigenvalue weighted by Crippen LogP contribution is -2.51. The van der Waals surface area contributed by atoms with Gasteiger partial charge >= 0.3 is 6.03 Å². The smallest absolute Gasteiger partial charge is 0.321 e. The highest BCUT2D eigenvalue weighted by Gasteiger charge is 2.35. The van der Waals surface area contributed by atoms with Crippen molar-refractivity contribution < 1.29 is 4.79 Å². The Morgan fingerprint density at radius 2 is 2.00 bits per heavy atom. The van der Waals surface area contributed by atoms with E-state index in [0.717, 1.165) is 25.1 Å². The molecule has 1 aliphatic carbocycles. The molecule has 0 spiro atoms. The van der Waals surface area contributed by atoms with E-state index in [-0.39, 0.29) is 6.03 Å². The van der Waals surface area contributed by atoms with Crippen molar-refractivity contribution in [3.05, 3.63) is 29.3 Å². The molecular formula is C16H21ClN2O. The molecule has 3 nitrogen and oxygen atoms in total. The fourth-order valence-corrected chi connectivity index (χ4v) is 3.83. The van der Waals surface area contributed by atoms with Crippen molar-refractivity contribution in [1.29, 1.82) is 0 Å². The maximum atomic E-state index is 12.5. The summed E-state index contributed by atoms with van der Waals surface area (Å²) in [5, 5.41) is 3.64. The summed E-state index contributed by atoms with van der Waals surface area (Å²) in [6.07, 6.45) is 7.43. The largest absolute Gasteiger partial charge is 0.322 e. The summed E-state index contributed by atoms with van der Waals surface area (Å²) in [6, 6.07) is 7.82. The highest BCUT2D eigenvalue weighted by molar-refractivity contribution is 6.30. The first-order chi connectivity index (χ1) is 9.74. The monoisotopic (exact) mass is 292 g/mol. The molecule has 1 saturated carbocycles. The van der Waals surface area contributed by atoms with Gasteiger partial charge in [0.15, 0.2) is 0 Å². The van der Waals surface area contributed by atoms with Crippen molar-refractivity contribution in [2.45, 2.75) is 44.6 Å². The number of hydrogen-bond donors (Lipinski definition) is 1. The van der Waals surface area contributed by atoms with Crippen LogP contribution in [0.15, 0.2) is 24.3 Å². The molecule has 1 aliphatic heterocycles. The molecule has 1 aromatic rings. The highest BCUT2D eigenvalue weighted by Crippen LogP contribution is 2.35. The average molecular weight is 293 g/mol. The molecule has 0 radical (unpaired) electrons. The molecule has 1 N–H and O–H groups in total. The van der Waals surface area contributed by atoms with E-state index in [4.69, 9.17) is 11.6 Å². The van der Waals surface area contributed by atoms with E-state index in [9.17, 15) is 4.79 Å². The number of urea groups is 1. The Balaban J connectivity index is 1.69. The predicted octanol–water partition coefficient (Wildman–Crippen LogP) is 4.53. The molecule has 1 heterocycles. The van der Waals surface area contributed by atoms with Crippen molar-refractivity contribution in [2.24, 2.45) is 5.92 Å². The fraction of sp³-hybridized carbons (Fsp3) is 0.562. The third-order valence-corrected chi connectivity index (χ3v) is 4.82. The summed E-state index contributed by atoms with van der Waals surface area (Å²) in [4.78, 5) is 14.6. The number of amides is 2. The first kappa shape index (κ1) is 13.7. The van der Waals surface area contributed by atoms with Gasteiger partial charge in [-0.3, -0.25) is 0 Å². The molecule has 1 aromatic carbocycles. The van der Waals surface area contributed by atoms with Crippen LogP contribution in [0.3, 0.4) is 0 Å². The van der Waals surface area contributed by atoms with E-state index in [1.165, 1.54) is 25.7 Å². The lowest BCUT2D eigenvalue weighted by atomic mass is 9.78. The molecule has 0 aromatic heterocycles. The average Bonchev–Trinajstić information content (AvgIpc) is 2.46. The predicted molar refractivity (Wildman–Crippen MR) is 82.2 cm³/mol. The number of benzene rings is 1. The second-order valence-electron chi connectivity index (χ2n) is 5.89. The van der Waals surface area contributed by atoms with E-state index in [0.29, 0.717) is 17.0 Å². The van der Waals surface area contributed by atoms with E-state index in [1.54, 1.807) is 6.07 Å². The zero-order valence-corrected chi connectivity index (χ0v) is 12.4. The van der Waals surface area contributed by atoms with Crippen LogP contribution in [0.5, 0.6) is 0 Å². The van der Waals surface area contributed by atoms with Crippen LogP contribution < -0.4 is 5.32 Å². The Hall–Kier alpha value is -1.22. The van der Waals surface area contributed by atoms with Gasteiger partial charge in [-0.15, -0.1) is 0 Å². The van der Waals surface area contributed by atoms with Crippen LogP contribution in [-0.2, 0) is 0 Å². The van der Waals surface area contributed by atoms with Gasteiger partial charge in [0, 0.05) is 23.3 Å². The quantitative estimate of drug-likeness (QED) is 0.810. The summed E-state index contributed by atoms with van der Waals surface area (Å²) in [7, 11) is 0. The van der Waals surface area contributed by atoms with Gasteiger partial charge in [0.05, 0.1) is 0 Å². The highest BCUT2D eigenvalue weighted by atomic mass is 35.5. The SMILES string of the molecule is O=C(Nc1cccc(Cl)c1)N1CCC[C@@H]2CCCC[C@H]21. The number of rotatable bonds is 1. The maximum Gasteiger partial charge on any atom is 0.322 e. The number of hydrogen-bond acceptors (Lipinski definition) is 1. The maximum absolute atomic E-state index is 12.5. The summed E-state index contributed by atoms with van der Waals surface area (Å²) >= 11 is 5.96.